The average Bonchev–Trinajstić information content (AvgIpc) is 2.71. The van der Waals surface area contributed by atoms with E-state index in [-0.39, 0.29) is 13.0 Å². The van der Waals surface area contributed by atoms with Crippen molar-refractivity contribution in [1.29, 1.82) is 0 Å². The molecule has 1 amide bonds. The Morgan fingerprint density at radius 2 is 1.46 bits per heavy atom. The van der Waals surface area contributed by atoms with Crippen molar-refractivity contribution in [2.24, 2.45) is 0 Å². The van der Waals surface area contributed by atoms with Crippen molar-refractivity contribution in [2.75, 3.05) is 6.61 Å². The van der Waals surface area contributed by atoms with Crippen molar-refractivity contribution in [3.8, 4) is 0 Å². The van der Waals surface area contributed by atoms with Crippen molar-refractivity contribution in [3.05, 3.63) is 34.9 Å². The van der Waals surface area contributed by atoms with Gasteiger partial charge in [-0.05, 0) is 93.9 Å². The molecule has 0 radical (unpaired) electrons. The van der Waals surface area contributed by atoms with Crippen LogP contribution in [0.3, 0.4) is 0 Å². The molecule has 0 fully saturated rings. The third-order valence-corrected chi connectivity index (χ3v) is 5.10. The highest BCUT2D eigenvalue weighted by Crippen LogP contribution is 2.26. The number of alkyl halides is 2. The Bertz CT molecular complexity index is 762. The first-order valence-electron chi connectivity index (χ1n) is 12.3. The second kappa shape index (κ2) is 15.7. The first-order chi connectivity index (χ1) is 16.1. The molecule has 0 aromatic heterocycles. The first kappa shape index (κ1) is 32.8. The number of aliphatic hydroxyl groups excluding tert-OH is 1. The SMILES string of the molecule is CCOC(=O)C(F)(F)[C@@H](O)[C@H](CCC=C(C)CCC=C(C)CCC=C(C)C)NC(=O)OC(C)(C)C. The molecule has 0 unspecified atom stereocenters. The van der Waals surface area contributed by atoms with Gasteiger partial charge in [0.15, 0.2) is 0 Å². The molecule has 0 spiro atoms. The minimum atomic E-state index is -4.18. The highest BCUT2D eigenvalue weighted by atomic mass is 19.3. The molecule has 202 valence electrons. The molecule has 0 saturated heterocycles. The molecule has 2 atom stereocenters. The number of ether oxygens (including phenoxy) is 2. The van der Waals surface area contributed by atoms with E-state index >= 15 is 0 Å². The van der Waals surface area contributed by atoms with Crippen LogP contribution in [0.1, 0.15) is 93.9 Å². The van der Waals surface area contributed by atoms with Gasteiger partial charge in [-0.1, -0.05) is 34.9 Å². The van der Waals surface area contributed by atoms with Crippen LogP contribution in [0.15, 0.2) is 34.9 Å². The van der Waals surface area contributed by atoms with E-state index in [1.165, 1.54) is 18.1 Å². The van der Waals surface area contributed by atoms with Crippen LogP contribution >= 0.6 is 0 Å². The number of rotatable bonds is 14. The largest absolute Gasteiger partial charge is 0.461 e. The number of halogens is 2. The lowest BCUT2D eigenvalue weighted by molar-refractivity contribution is -0.191. The summed E-state index contributed by atoms with van der Waals surface area (Å²) in [6.07, 6.45) is 6.92. The van der Waals surface area contributed by atoms with E-state index in [2.05, 4.69) is 43.0 Å². The fourth-order valence-corrected chi connectivity index (χ4v) is 3.22. The van der Waals surface area contributed by atoms with Crippen LogP contribution in [0.25, 0.3) is 0 Å². The monoisotopic (exact) mass is 501 g/mol. The lowest BCUT2D eigenvalue weighted by Crippen LogP contribution is -2.55. The Morgan fingerprint density at radius 1 is 0.943 bits per heavy atom. The molecule has 0 saturated carbocycles. The van der Waals surface area contributed by atoms with Gasteiger partial charge in [-0.15, -0.1) is 0 Å². The number of esters is 1. The third kappa shape index (κ3) is 14.7. The molecule has 0 bridgehead atoms. The van der Waals surface area contributed by atoms with Crippen molar-refractivity contribution in [3.63, 3.8) is 0 Å². The van der Waals surface area contributed by atoms with E-state index in [4.69, 9.17) is 4.74 Å². The molecule has 0 aliphatic heterocycles. The van der Waals surface area contributed by atoms with Crippen LogP contribution < -0.4 is 5.32 Å². The molecule has 2 N–H and O–H groups in total. The number of hydrogen-bond donors (Lipinski definition) is 2. The van der Waals surface area contributed by atoms with Crippen LogP contribution in [0, 0.1) is 0 Å². The number of hydrogen-bond acceptors (Lipinski definition) is 5. The van der Waals surface area contributed by atoms with E-state index in [9.17, 15) is 23.5 Å². The lowest BCUT2D eigenvalue weighted by atomic mass is 9.98. The quantitative estimate of drug-likeness (QED) is 0.206. The summed E-state index contributed by atoms with van der Waals surface area (Å²) in [7, 11) is 0. The maximum atomic E-state index is 14.5. The minimum absolute atomic E-state index is 0.00961. The van der Waals surface area contributed by atoms with Gasteiger partial charge >= 0.3 is 18.0 Å². The number of allylic oxidation sites excluding steroid dienone is 6. The summed E-state index contributed by atoms with van der Waals surface area (Å²) in [5.74, 6) is -6.01. The van der Waals surface area contributed by atoms with Crippen LogP contribution in [-0.4, -0.2) is 47.4 Å². The topological polar surface area (TPSA) is 84.9 Å². The molecule has 0 aliphatic carbocycles. The Balaban J connectivity index is 5.14. The maximum absolute atomic E-state index is 14.5. The van der Waals surface area contributed by atoms with E-state index < -0.39 is 35.7 Å². The van der Waals surface area contributed by atoms with Gasteiger partial charge in [0.25, 0.3) is 0 Å². The van der Waals surface area contributed by atoms with Crippen LogP contribution in [-0.2, 0) is 14.3 Å². The van der Waals surface area contributed by atoms with Gasteiger partial charge < -0.3 is 19.9 Å². The van der Waals surface area contributed by atoms with E-state index in [1.807, 2.05) is 13.0 Å². The second-order valence-electron chi connectivity index (χ2n) is 10.1. The molecule has 6 nitrogen and oxygen atoms in total. The maximum Gasteiger partial charge on any atom is 0.407 e. The Hall–Kier alpha value is -2.22. The number of aliphatic hydroxyl groups is 1. The van der Waals surface area contributed by atoms with Crippen molar-refractivity contribution < 1.29 is 33.0 Å². The predicted octanol–water partition coefficient (Wildman–Crippen LogP) is 6.64. The van der Waals surface area contributed by atoms with Gasteiger partial charge in [0.05, 0.1) is 12.6 Å². The van der Waals surface area contributed by atoms with Crippen LogP contribution in [0.2, 0.25) is 0 Å². The van der Waals surface area contributed by atoms with Crippen molar-refractivity contribution >= 4 is 12.1 Å². The van der Waals surface area contributed by atoms with Gasteiger partial charge in [-0.2, -0.15) is 8.78 Å². The van der Waals surface area contributed by atoms with Gasteiger partial charge in [0, 0.05) is 0 Å². The summed E-state index contributed by atoms with van der Waals surface area (Å²) in [4.78, 5) is 23.9. The predicted molar refractivity (Wildman–Crippen MR) is 135 cm³/mol. The highest BCUT2D eigenvalue weighted by molar-refractivity contribution is 5.78. The number of nitrogens with one attached hydrogen (secondary N) is 1. The molecule has 8 heteroatoms. The number of alkyl carbamates (subject to hydrolysis) is 1. The van der Waals surface area contributed by atoms with E-state index in [0.29, 0.717) is 6.42 Å². The lowest BCUT2D eigenvalue weighted by Gasteiger charge is -2.29. The van der Waals surface area contributed by atoms with Crippen molar-refractivity contribution in [2.45, 2.75) is 118 Å². The van der Waals surface area contributed by atoms with Gasteiger partial charge in [-0.3, -0.25) is 0 Å². The normalized spacial score (nSPS) is 14.7. The summed E-state index contributed by atoms with van der Waals surface area (Å²) in [6.45, 7) is 14.3. The molecule has 0 aromatic rings. The third-order valence-electron chi connectivity index (χ3n) is 5.10. The smallest absolute Gasteiger partial charge is 0.407 e. The summed E-state index contributed by atoms with van der Waals surface area (Å²) in [6, 6.07) is -1.41. The Kier molecular flexibility index (Phi) is 14.7. The zero-order valence-corrected chi connectivity index (χ0v) is 22.7. The Morgan fingerprint density at radius 3 is 1.94 bits per heavy atom. The molecule has 0 aromatic carbocycles. The van der Waals surface area contributed by atoms with Crippen LogP contribution in [0.4, 0.5) is 13.6 Å². The fraction of sp³-hybridized carbons (Fsp3) is 0.704. The van der Waals surface area contributed by atoms with Gasteiger partial charge in [0.2, 0.25) is 0 Å². The van der Waals surface area contributed by atoms with Crippen LogP contribution in [0.5, 0.6) is 0 Å². The fourth-order valence-electron chi connectivity index (χ4n) is 3.22. The molecular weight excluding hydrogens is 456 g/mol. The van der Waals surface area contributed by atoms with E-state index in [0.717, 1.165) is 31.3 Å². The summed E-state index contributed by atoms with van der Waals surface area (Å²) < 4.78 is 38.4. The molecular formula is C27H45F2NO5. The molecule has 0 aliphatic rings. The van der Waals surface area contributed by atoms with Gasteiger partial charge in [-0.25, -0.2) is 9.59 Å². The minimum Gasteiger partial charge on any atom is -0.461 e. The number of amides is 1. The zero-order chi connectivity index (χ0) is 27.2. The summed E-state index contributed by atoms with van der Waals surface area (Å²) in [5, 5.41) is 12.6. The zero-order valence-electron chi connectivity index (χ0n) is 22.7. The van der Waals surface area contributed by atoms with E-state index in [1.54, 1.807) is 20.8 Å². The van der Waals surface area contributed by atoms with Gasteiger partial charge in [0.1, 0.15) is 11.7 Å². The second-order valence-corrected chi connectivity index (χ2v) is 10.1. The standard InChI is InChI=1S/C27H45F2NO5/c1-9-34-24(32)27(28,29)23(31)22(30-25(33)35-26(6,7)8)18-12-17-21(5)16-11-15-20(4)14-10-13-19(2)3/h13,15,17,22-23,31H,9-12,14,16,18H2,1-8H3,(H,30,33)/t22-,23-/m0/s1. The Labute approximate surface area is 209 Å². The highest BCUT2D eigenvalue weighted by Gasteiger charge is 2.51. The number of carbonyl (C=O) groups is 2. The van der Waals surface area contributed by atoms with Crippen molar-refractivity contribution in [1.82, 2.24) is 5.32 Å². The summed E-state index contributed by atoms with van der Waals surface area (Å²) in [5.41, 5.74) is 2.85. The average molecular weight is 502 g/mol. The first-order valence-corrected chi connectivity index (χ1v) is 12.3. The molecule has 0 rings (SSSR count). The molecule has 35 heavy (non-hydrogen) atoms. The molecule has 0 heterocycles. The number of carbonyl (C=O) groups excluding carboxylic acids is 2. The summed E-state index contributed by atoms with van der Waals surface area (Å²) >= 11 is 0.